The highest BCUT2D eigenvalue weighted by Gasteiger charge is 2.14. The van der Waals surface area contributed by atoms with E-state index in [4.69, 9.17) is 9.84 Å². The first kappa shape index (κ1) is 10.5. The van der Waals surface area contributed by atoms with E-state index >= 15 is 0 Å². The summed E-state index contributed by atoms with van der Waals surface area (Å²) in [6.07, 6.45) is 0. The van der Waals surface area contributed by atoms with E-state index in [0.717, 1.165) is 10.8 Å². The molecule has 2 aromatic carbocycles. The molecule has 0 heterocycles. The SMILES string of the molecule is COc1c(C)c(C(=O)O)cc2ccccc12. The van der Waals surface area contributed by atoms with Gasteiger partial charge in [-0.15, -0.1) is 0 Å². The molecule has 0 aliphatic heterocycles. The minimum Gasteiger partial charge on any atom is -0.496 e. The van der Waals surface area contributed by atoms with Gasteiger partial charge in [0.15, 0.2) is 0 Å². The number of aromatic carboxylic acids is 1. The second-order valence-electron chi connectivity index (χ2n) is 3.61. The fraction of sp³-hybridized carbons (Fsp3) is 0.154. The van der Waals surface area contributed by atoms with Crippen molar-refractivity contribution in [3.05, 3.63) is 41.5 Å². The first-order valence-electron chi connectivity index (χ1n) is 4.94. The Bertz CT molecular complexity index is 558. The lowest BCUT2D eigenvalue weighted by Crippen LogP contribution is -2.02. The Labute approximate surface area is 93.3 Å². The van der Waals surface area contributed by atoms with Crippen LogP contribution in [0.2, 0.25) is 0 Å². The third kappa shape index (κ3) is 1.50. The van der Waals surface area contributed by atoms with Gasteiger partial charge >= 0.3 is 5.97 Å². The minimum absolute atomic E-state index is 0.288. The number of carboxylic acid groups (broad SMARTS) is 1. The second kappa shape index (κ2) is 3.85. The molecule has 2 rings (SSSR count). The number of carboxylic acids is 1. The van der Waals surface area contributed by atoms with Crippen LogP contribution in [0.25, 0.3) is 10.8 Å². The molecule has 0 radical (unpaired) electrons. The molecule has 0 aromatic heterocycles. The van der Waals surface area contributed by atoms with Crippen LogP contribution < -0.4 is 4.74 Å². The summed E-state index contributed by atoms with van der Waals surface area (Å²) in [5, 5.41) is 10.9. The lowest BCUT2D eigenvalue weighted by atomic mass is 10.0. The van der Waals surface area contributed by atoms with E-state index in [2.05, 4.69) is 0 Å². The molecule has 0 saturated heterocycles. The molecule has 3 nitrogen and oxygen atoms in total. The van der Waals surface area contributed by atoms with Crippen LogP contribution in [0.4, 0.5) is 0 Å². The highest BCUT2D eigenvalue weighted by molar-refractivity contribution is 5.99. The van der Waals surface area contributed by atoms with Gasteiger partial charge in [-0.3, -0.25) is 0 Å². The first-order valence-corrected chi connectivity index (χ1v) is 4.94. The Morgan fingerprint density at radius 1 is 1.31 bits per heavy atom. The van der Waals surface area contributed by atoms with Crippen LogP contribution in [0, 0.1) is 6.92 Å². The van der Waals surface area contributed by atoms with Gasteiger partial charge in [-0.1, -0.05) is 24.3 Å². The van der Waals surface area contributed by atoms with Crippen molar-refractivity contribution in [1.82, 2.24) is 0 Å². The zero-order valence-electron chi connectivity index (χ0n) is 9.15. The molecule has 0 saturated carbocycles. The van der Waals surface area contributed by atoms with Gasteiger partial charge in [0, 0.05) is 10.9 Å². The van der Waals surface area contributed by atoms with Crippen LogP contribution in [0.3, 0.4) is 0 Å². The summed E-state index contributed by atoms with van der Waals surface area (Å²) < 4.78 is 5.29. The predicted molar refractivity (Wildman–Crippen MR) is 62.2 cm³/mol. The maximum atomic E-state index is 11.1. The van der Waals surface area contributed by atoms with Gasteiger partial charge in [-0.2, -0.15) is 0 Å². The molecular formula is C13H12O3. The third-order valence-corrected chi connectivity index (χ3v) is 2.68. The molecule has 16 heavy (non-hydrogen) atoms. The van der Waals surface area contributed by atoms with Gasteiger partial charge in [0.2, 0.25) is 0 Å². The Kier molecular flexibility index (Phi) is 2.52. The first-order chi connectivity index (χ1) is 7.65. The average Bonchev–Trinajstić information content (AvgIpc) is 2.28. The van der Waals surface area contributed by atoms with Gasteiger partial charge < -0.3 is 9.84 Å². The lowest BCUT2D eigenvalue weighted by Gasteiger charge is -2.11. The highest BCUT2D eigenvalue weighted by Crippen LogP contribution is 2.31. The Balaban J connectivity index is 2.88. The van der Waals surface area contributed by atoms with Crippen molar-refractivity contribution in [2.75, 3.05) is 7.11 Å². The van der Waals surface area contributed by atoms with Crippen LogP contribution in [-0.2, 0) is 0 Å². The summed E-state index contributed by atoms with van der Waals surface area (Å²) in [5.41, 5.74) is 0.948. The van der Waals surface area contributed by atoms with Crippen molar-refractivity contribution in [2.24, 2.45) is 0 Å². The number of hydrogen-bond donors (Lipinski definition) is 1. The average molecular weight is 216 g/mol. The molecule has 3 heteroatoms. The topological polar surface area (TPSA) is 46.5 Å². The van der Waals surface area contributed by atoms with E-state index in [-0.39, 0.29) is 5.56 Å². The number of rotatable bonds is 2. The van der Waals surface area contributed by atoms with Crippen LogP contribution in [-0.4, -0.2) is 18.2 Å². The normalized spacial score (nSPS) is 10.4. The third-order valence-electron chi connectivity index (χ3n) is 2.68. The Hall–Kier alpha value is -2.03. The largest absolute Gasteiger partial charge is 0.496 e. The van der Waals surface area contributed by atoms with Crippen molar-refractivity contribution >= 4 is 16.7 Å². The molecule has 2 aromatic rings. The molecule has 0 fully saturated rings. The van der Waals surface area contributed by atoms with Gasteiger partial charge in [-0.25, -0.2) is 4.79 Å². The smallest absolute Gasteiger partial charge is 0.336 e. The van der Waals surface area contributed by atoms with Crippen molar-refractivity contribution in [1.29, 1.82) is 0 Å². The zero-order valence-corrected chi connectivity index (χ0v) is 9.15. The summed E-state index contributed by atoms with van der Waals surface area (Å²) in [4.78, 5) is 11.1. The lowest BCUT2D eigenvalue weighted by molar-refractivity contribution is 0.0696. The van der Waals surface area contributed by atoms with Gasteiger partial charge in [0.1, 0.15) is 5.75 Å². The van der Waals surface area contributed by atoms with E-state index < -0.39 is 5.97 Å². The zero-order chi connectivity index (χ0) is 11.7. The van der Waals surface area contributed by atoms with E-state index in [0.29, 0.717) is 11.3 Å². The van der Waals surface area contributed by atoms with Crippen molar-refractivity contribution < 1.29 is 14.6 Å². The van der Waals surface area contributed by atoms with Crippen LogP contribution >= 0.6 is 0 Å². The summed E-state index contributed by atoms with van der Waals surface area (Å²) in [6, 6.07) is 9.26. The highest BCUT2D eigenvalue weighted by atomic mass is 16.5. The summed E-state index contributed by atoms with van der Waals surface area (Å²) in [5.74, 6) is -0.294. The Morgan fingerprint density at radius 2 is 2.00 bits per heavy atom. The van der Waals surface area contributed by atoms with Crippen LogP contribution in [0.1, 0.15) is 15.9 Å². The second-order valence-corrected chi connectivity index (χ2v) is 3.61. The molecule has 0 amide bonds. The minimum atomic E-state index is -0.929. The van der Waals surface area contributed by atoms with Crippen molar-refractivity contribution in [3.63, 3.8) is 0 Å². The summed E-state index contributed by atoms with van der Waals surface area (Å²) >= 11 is 0. The summed E-state index contributed by atoms with van der Waals surface area (Å²) in [7, 11) is 1.56. The molecule has 82 valence electrons. The summed E-state index contributed by atoms with van der Waals surface area (Å²) in [6.45, 7) is 1.76. The molecule has 1 N–H and O–H groups in total. The number of methoxy groups -OCH3 is 1. The fourth-order valence-electron chi connectivity index (χ4n) is 1.90. The standard InChI is InChI=1S/C13H12O3/c1-8-11(13(14)15)7-9-5-3-4-6-10(9)12(8)16-2/h3-7H,1-2H3,(H,14,15). The molecule has 0 unspecified atom stereocenters. The number of hydrogen-bond acceptors (Lipinski definition) is 2. The van der Waals surface area contributed by atoms with E-state index in [1.54, 1.807) is 20.1 Å². The molecular weight excluding hydrogens is 204 g/mol. The van der Waals surface area contributed by atoms with Gasteiger partial charge in [-0.05, 0) is 18.4 Å². The maximum Gasteiger partial charge on any atom is 0.336 e. The van der Waals surface area contributed by atoms with E-state index in [1.807, 2.05) is 24.3 Å². The Morgan fingerprint density at radius 3 is 2.62 bits per heavy atom. The van der Waals surface area contributed by atoms with Gasteiger partial charge in [0.25, 0.3) is 0 Å². The quantitative estimate of drug-likeness (QED) is 0.839. The number of ether oxygens (including phenoxy) is 1. The fourth-order valence-corrected chi connectivity index (χ4v) is 1.90. The molecule has 0 aliphatic rings. The monoisotopic (exact) mass is 216 g/mol. The molecule has 0 spiro atoms. The van der Waals surface area contributed by atoms with E-state index in [1.165, 1.54) is 0 Å². The number of fused-ring (bicyclic) bond motifs is 1. The molecule has 0 atom stereocenters. The van der Waals surface area contributed by atoms with Crippen LogP contribution in [0.15, 0.2) is 30.3 Å². The van der Waals surface area contributed by atoms with Crippen molar-refractivity contribution in [2.45, 2.75) is 6.92 Å². The van der Waals surface area contributed by atoms with Gasteiger partial charge in [0.05, 0.1) is 12.7 Å². The van der Waals surface area contributed by atoms with Crippen LogP contribution in [0.5, 0.6) is 5.75 Å². The molecule has 0 bridgehead atoms. The van der Waals surface area contributed by atoms with E-state index in [9.17, 15) is 4.79 Å². The predicted octanol–water partition coefficient (Wildman–Crippen LogP) is 2.86. The maximum absolute atomic E-state index is 11.1. The van der Waals surface area contributed by atoms with Crippen molar-refractivity contribution in [3.8, 4) is 5.75 Å². The number of benzene rings is 2. The number of carbonyl (C=O) groups is 1. The molecule has 0 aliphatic carbocycles.